The van der Waals surface area contributed by atoms with Gasteiger partial charge in [-0.25, -0.2) is 8.42 Å². The van der Waals surface area contributed by atoms with Crippen molar-refractivity contribution in [2.24, 2.45) is 0 Å². The van der Waals surface area contributed by atoms with E-state index in [1.54, 1.807) is 17.0 Å². The Bertz CT molecular complexity index is 866. The van der Waals surface area contributed by atoms with Crippen molar-refractivity contribution in [3.05, 3.63) is 60.2 Å². The molecule has 2 aromatic rings. The van der Waals surface area contributed by atoms with E-state index in [4.69, 9.17) is 0 Å². The van der Waals surface area contributed by atoms with Crippen LogP contribution in [0.15, 0.2) is 54.6 Å². The van der Waals surface area contributed by atoms with Crippen molar-refractivity contribution in [1.82, 2.24) is 0 Å². The highest BCUT2D eigenvalue weighted by atomic mass is 32.2. The number of carbonyl (C=O) groups excluding carboxylic acids is 1. The van der Waals surface area contributed by atoms with Gasteiger partial charge in [0, 0.05) is 25.2 Å². The van der Waals surface area contributed by atoms with Gasteiger partial charge in [-0.1, -0.05) is 36.4 Å². The lowest BCUT2D eigenvalue weighted by Gasteiger charge is -2.24. The van der Waals surface area contributed by atoms with E-state index in [0.29, 0.717) is 25.2 Å². The van der Waals surface area contributed by atoms with Crippen molar-refractivity contribution >= 4 is 27.3 Å². The average molecular weight is 372 g/mol. The van der Waals surface area contributed by atoms with Crippen LogP contribution in [-0.4, -0.2) is 33.7 Å². The van der Waals surface area contributed by atoms with Crippen LogP contribution in [0.2, 0.25) is 0 Å². The molecule has 1 aliphatic heterocycles. The third-order valence-electron chi connectivity index (χ3n) is 4.57. The summed E-state index contributed by atoms with van der Waals surface area (Å²) in [7, 11) is -3.40. The zero-order valence-corrected chi connectivity index (χ0v) is 15.8. The summed E-state index contributed by atoms with van der Waals surface area (Å²) in [5, 5.41) is 0. The van der Waals surface area contributed by atoms with E-state index in [1.807, 2.05) is 42.5 Å². The monoisotopic (exact) mass is 372 g/mol. The molecule has 0 saturated carbocycles. The van der Waals surface area contributed by atoms with E-state index < -0.39 is 10.0 Å². The number of hydrogen-bond acceptors (Lipinski definition) is 3. The smallest absolute Gasteiger partial charge is 0.232 e. The molecular formula is C20H24N2O3S. The first-order valence-corrected chi connectivity index (χ1v) is 10.7. The summed E-state index contributed by atoms with van der Waals surface area (Å²) in [6.07, 6.45) is 4.16. The first-order valence-electron chi connectivity index (χ1n) is 8.87. The minimum Gasteiger partial charge on any atom is -0.312 e. The number of aryl methyl sites for hydroxylation is 1. The van der Waals surface area contributed by atoms with E-state index in [0.717, 1.165) is 24.9 Å². The van der Waals surface area contributed by atoms with Gasteiger partial charge in [0.2, 0.25) is 15.9 Å². The van der Waals surface area contributed by atoms with Crippen LogP contribution in [0.3, 0.4) is 0 Å². The molecule has 1 heterocycles. The minimum absolute atomic E-state index is 0.0946. The van der Waals surface area contributed by atoms with Crippen LogP contribution in [0.25, 0.3) is 0 Å². The standard InChI is InChI=1S/C20H24N2O3S/c1-26(24,25)22(15-6-10-17-8-3-2-4-9-17)19-12-5-11-18(16-19)21-14-7-13-20(21)23/h2-5,8-9,11-12,16H,6-7,10,13-15H2,1H3. The molecule has 0 atom stereocenters. The Morgan fingerprint density at radius 1 is 1.08 bits per heavy atom. The molecule has 26 heavy (non-hydrogen) atoms. The van der Waals surface area contributed by atoms with Crippen molar-refractivity contribution < 1.29 is 13.2 Å². The summed E-state index contributed by atoms with van der Waals surface area (Å²) in [4.78, 5) is 13.7. The molecule has 138 valence electrons. The number of anilines is 2. The number of nitrogens with zero attached hydrogens (tertiary/aromatic N) is 2. The lowest BCUT2D eigenvalue weighted by molar-refractivity contribution is -0.117. The molecule has 0 N–H and O–H groups in total. The van der Waals surface area contributed by atoms with Crippen LogP contribution in [0, 0.1) is 0 Å². The predicted molar refractivity (Wildman–Crippen MR) is 105 cm³/mol. The van der Waals surface area contributed by atoms with Gasteiger partial charge in [-0.2, -0.15) is 0 Å². The maximum absolute atomic E-state index is 12.3. The molecule has 1 aliphatic rings. The molecule has 1 saturated heterocycles. The van der Waals surface area contributed by atoms with E-state index in [-0.39, 0.29) is 5.91 Å². The molecule has 5 nitrogen and oxygen atoms in total. The molecule has 0 spiro atoms. The molecule has 3 rings (SSSR count). The normalized spacial score (nSPS) is 14.7. The Balaban J connectivity index is 1.76. The quantitative estimate of drug-likeness (QED) is 0.750. The van der Waals surface area contributed by atoms with Gasteiger partial charge in [0.05, 0.1) is 11.9 Å². The van der Waals surface area contributed by atoms with Crippen LogP contribution in [0.4, 0.5) is 11.4 Å². The van der Waals surface area contributed by atoms with Crippen molar-refractivity contribution in [2.45, 2.75) is 25.7 Å². The molecule has 6 heteroatoms. The zero-order chi connectivity index (χ0) is 18.6. The van der Waals surface area contributed by atoms with Crippen molar-refractivity contribution in [3.63, 3.8) is 0 Å². The number of carbonyl (C=O) groups is 1. The number of rotatable bonds is 7. The van der Waals surface area contributed by atoms with Gasteiger partial charge < -0.3 is 4.90 Å². The Kier molecular flexibility index (Phi) is 5.61. The molecule has 2 aromatic carbocycles. The van der Waals surface area contributed by atoms with E-state index in [1.165, 1.54) is 16.1 Å². The summed E-state index contributed by atoms with van der Waals surface area (Å²) in [6.45, 7) is 1.10. The topological polar surface area (TPSA) is 57.7 Å². The third-order valence-corrected chi connectivity index (χ3v) is 5.77. The minimum atomic E-state index is -3.40. The van der Waals surface area contributed by atoms with Crippen LogP contribution >= 0.6 is 0 Å². The molecule has 1 fully saturated rings. The fourth-order valence-corrected chi connectivity index (χ4v) is 4.25. The van der Waals surface area contributed by atoms with Crippen LogP contribution in [-0.2, 0) is 21.2 Å². The highest BCUT2D eigenvalue weighted by Crippen LogP contribution is 2.27. The fraction of sp³-hybridized carbons (Fsp3) is 0.350. The van der Waals surface area contributed by atoms with Gasteiger partial charge in [0.1, 0.15) is 0 Å². The van der Waals surface area contributed by atoms with Gasteiger partial charge in [-0.15, -0.1) is 0 Å². The van der Waals surface area contributed by atoms with Gasteiger partial charge in [-0.3, -0.25) is 9.10 Å². The molecule has 0 bridgehead atoms. The Hall–Kier alpha value is -2.34. The summed E-state index contributed by atoms with van der Waals surface area (Å²) in [5.74, 6) is 0.0946. The van der Waals surface area contributed by atoms with Crippen molar-refractivity contribution in [2.75, 3.05) is 28.6 Å². The van der Waals surface area contributed by atoms with Crippen LogP contribution in [0.1, 0.15) is 24.8 Å². The molecular weight excluding hydrogens is 348 g/mol. The molecule has 0 radical (unpaired) electrons. The highest BCUT2D eigenvalue weighted by Gasteiger charge is 2.23. The summed E-state index contributed by atoms with van der Waals surface area (Å²) in [5.41, 5.74) is 2.57. The van der Waals surface area contributed by atoms with Crippen LogP contribution in [0.5, 0.6) is 0 Å². The zero-order valence-electron chi connectivity index (χ0n) is 15.0. The Labute approximate surface area is 155 Å². The van der Waals surface area contributed by atoms with Crippen molar-refractivity contribution in [3.8, 4) is 0 Å². The number of amides is 1. The molecule has 1 amide bonds. The molecule has 0 aromatic heterocycles. The first kappa shape index (κ1) is 18.5. The summed E-state index contributed by atoms with van der Waals surface area (Å²) in [6, 6.07) is 17.3. The Morgan fingerprint density at radius 2 is 1.85 bits per heavy atom. The molecule has 0 unspecified atom stereocenters. The number of benzene rings is 2. The lowest BCUT2D eigenvalue weighted by atomic mass is 10.1. The summed E-state index contributed by atoms with van der Waals surface area (Å²) < 4.78 is 26.1. The molecule has 0 aliphatic carbocycles. The number of sulfonamides is 1. The predicted octanol–water partition coefficient (Wildman–Crippen LogP) is 3.21. The third kappa shape index (κ3) is 4.43. The maximum Gasteiger partial charge on any atom is 0.232 e. The van der Waals surface area contributed by atoms with E-state index in [2.05, 4.69) is 0 Å². The largest absolute Gasteiger partial charge is 0.312 e. The fourth-order valence-electron chi connectivity index (χ4n) is 3.30. The summed E-state index contributed by atoms with van der Waals surface area (Å²) >= 11 is 0. The van der Waals surface area contributed by atoms with Gasteiger partial charge >= 0.3 is 0 Å². The van der Waals surface area contributed by atoms with E-state index in [9.17, 15) is 13.2 Å². The van der Waals surface area contributed by atoms with Crippen molar-refractivity contribution in [1.29, 1.82) is 0 Å². The van der Waals surface area contributed by atoms with E-state index >= 15 is 0 Å². The second-order valence-corrected chi connectivity index (χ2v) is 8.50. The number of hydrogen-bond donors (Lipinski definition) is 0. The van der Waals surface area contributed by atoms with Gasteiger partial charge in [0.25, 0.3) is 0 Å². The Morgan fingerprint density at radius 3 is 2.50 bits per heavy atom. The first-order chi connectivity index (χ1) is 12.4. The van der Waals surface area contributed by atoms with Gasteiger partial charge in [0.15, 0.2) is 0 Å². The lowest BCUT2D eigenvalue weighted by Crippen LogP contribution is -2.31. The maximum atomic E-state index is 12.3. The second-order valence-electron chi connectivity index (χ2n) is 6.59. The average Bonchev–Trinajstić information content (AvgIpc) is 3.05. The SMILES string of the molecule is CS(=O)(=O)N(CCCc1ccccc1)c1cccc(N2CCCC2=O)c1. The van der Waals surface area contributed by atoms with Gasteiger partial charge in [-0.05, 0) is 43.0 Å². The highest BCUT2D eigenvalue weighted by molar-refractivity contribution is 7.92. The second kappa shape index (κ2) is 7.91. The van der Waals surface area contributed by atoms with Crippen LogP contribution < -0.4 is 9.21 Å².